The number of hydrogen-bond donors (Lipinski definition) is 0. The van der Waals surface area contributed by atoms with E-state index in [9.17, 15) is 0 Å². The van der Waals surface area contributed by atoms with Crippen molar-refractivity contribution in [3.05, 3.63) is 107 Å². The SMILES string of the molecule is CC1(C)c2cc3c(cc2-c2cc4sc5ccccc5c4cc21)C(C)(C)c1cc2c(cc1-3)sc1ccccc12. The molecule has 0 spiro atoms. The van der Waals surface area contributed by atoms with E-state index in [0.29, 0.717) is 0 Å². The van der Waals surface area contributed by atoms with Gasteiger partial charge in [-0.15, -0.1) is 22.7 Å². The molecule has 38 heavy (non-hydrogen) atoms. The first kappa shape index (κ1) is 21.5. The minimum Gasteiger partial charge on any atom is -0.135 e. The van der Waals surface area contributed by atoms with E-state index < -0.39 is 0 Å². The number of hydrogen-bond acceptors (Lipinski definition) is 2. The molecule has 0 saturated carbocycles. The highest BCUT2D eigenvalue weighted by Crippen LogP contribution is 2.58. The van der Waals surface area contributed by atoms with Crippen molar-refractivity contribution in [2.45, 2.75) is 38.5 Å². The molecule has 182 valence electrons. The van der Waals surface area contributed by atoms with E-state index >= 15 is 0 Å². The second-order valence-corrected chi connectivity index (χ2v) is 14.3. The summed E-state index contributed by atoms with van der Waals surface area (Å²) in [5.74, 6) is 0. The molecule has 0 radical (unpaired) electrons. The van der Waals surface area contributed by atoms with Gasteiger partial charge in [0.25, 0.3) is 0 Å². The van der Waals surface area contributed by atoms with Crippen LogP contribution in [0.2, 0.25) is 0 Å². The summed E-state index contributed by atoms with van der Waals surface area (Å²) in [5, 5.41) is 5.56. The van der Waals surface area contributed by atoms with Crippen molar-refractivity contribution < 1.29 is 0 Å². The topological polar surface area (TPSA) is 0 Å². The molecule has 0 amide bonds. The van der Waals surface area contributed by atoms with Crippen molar-refractivity contribution in [2.24, 2.45) is 0 Å². The summed E-state index contributed by atoms with van der Waals surface area (Å²) in [6.07, 6.45) is 0. The van der Waals surface area contributed by atoms with E-state index in [0.717, 1.165) is 0 Å². The van der Waals surface area contributed by atoms with E-state index in [4.69, 9.17) is 0 Å². The van der Waals surface area contributed by atoms with Crippen molar-refractivity contribution in [3.8, 4) is 22.3 Å². The molecular formula is C36H26S2. The van der Waals surface area contributed by atoms with E-state index in [-0.39, 0.29) is 10.8 Å². The number of fused-ring (bicyclic) bond motifs is 12. The highest BCUT2D eigenvalue weighted by molar-refractivity contribution is 7.26. The predicted octanol–water partition coefficient (Wildman–Crippen LogP) is 11.0. The number of benzene rings is 5. The minimum atomic E-state index is -0.0362. The summed E-state index contributed by atoms with van der Waals surface area (Å²) >= 11 is 3.84. The molecule has 9 rings (SSSR count). The van der Waals surface area contributed by atoms with Gasteiger partial charge in [-0.1, -0.05) is 64.1 Å². The van der Waals surface area contributed by atoms with Crippen LogP contribution in [0, 0.1) is 0 Å². The lowest BCUT2D eigenvalue weighted by Gasteiger charge is -2.24. The Morgan fingerprint density at radius 2 is 0.763 bits per heavy atom. The average Bonchev–Trinajstić information content (AvgIpc) is 3.58. The van der Waals surface area contributed by atoms with Gasteiger partial charge in [0.2, 0.25) is 0 Å². The van der Waals surface area contributed by atoms with Gasteiger partial charge in [-0.25, -0.2) is 0 Å². The average molecular weight is 523 g/mol. The van der Waals surface area contributed by atoms with Crippen molar-refractivity contribution in [2.75, 3.05) is 0 Å². The quantitative estimate of drug-likeness (QED) is 0.186. The Labute approximate surface area is 230 Å². The van der Waals surface area contributed by atoms with Gasteiger partial charge in [-0.3, -0.25) is 0 Å². The lowest BCUT2D eigenvalue weighted by Crippen LogP contribution is -2.17. The number of rotatable bonds is 0. The highest BCUT2D eigenvalue weighted by atomic mass is 32.1. The van der Waals surface area contributed by atoms with Crippen LogP contribution in [0.15, 0.2) is 84.9 Å². The second kappa shape index (κ2) is 6.75. The van der Waals surface area contributed by atoms with Crippen molar-refractivity contribution >= 4 is 63.0 Å². The standard InChI is InChI=1S/C36H26S2/c1-35(2)27-13-22-24-18-34-26(20-10-6-8-12-32(20)38-34)16-30(24)36(3,4)28(22)14-21(27)23-17-33-25(15-29(23)35)19-9-5-7-11-31(19)37-33/h5-18H,1-4H3. The summed E-state index contributed by atoms with van der Waals surface area (Å²) < 4.78 is 5.54. The predicted molar refractivity (Wildman–Crippen MR) is 167 cm³/mol. The first-order valence-corrected chi connectivity index (χ1v) is 15.1. The molecule has 0 bridgehead atoms. The Kier molecular flexibility index (Phi) is 3.81. The molecule has 0 N–H and O–H groups in total. The van der Waals surface area contributed by atoms with E-state index in [1.165, 1.54) is 84.9 Å². The summed E-state index contributed by atoms with van der Waals surface area (Å²) in [6, 6.07) is 32.7. The fourth-order valence-electron chi connectivity index (χ4n) is 7.39. The molecule has 2 heteroatoms. The molecule has 0 nitrogen and oxygen atoms in total. The zero-order chi connectivity index (χ0) is 25.6. The smallest absolute Gasteiger partial charge is 0.0361 e. The van der Waals surface area contributed by atoms with Crippen molar-refractivity contribution in [1.82, 2.24) is 0 Å². The molecule has 5 aromatic carbocycles. The Morgan fingerprint density at radius 3 is 1.21 bits per heavy atom. The van der Waals surface area contributed by atoms with Gasteiger partial charge >= 0.3 is 0 Å². The van der Waals surface area contributed by atoms with Crippen molar-refractivity contribution in [3.63, 3.8) is 0 Å². The van der Waals surface area contributed by atoms with Crippen LogP contribution in [0.4, 0.5) is 0 Å². The molecule has 2 aromatic heterocycles. The zero-order valence-corrected chi connectivity index (χ0v) is 23.5. The summed E-state index contributed by atoms with van der Waals surface area (Å²) in [4.78, 5) is 0. The molecule has 0 fully saturated rings. The maximum Gasteiger partial charge on any atom is 0.0361 e. The molecule has 0 atom stereocenters. The third-order valence-corrected chi connectivity index (χ3v) is 11.7. The maximum absolute atomic E-state index is 2.55. The molecule has 2 aliphatic carbocycles. The van der Waals surface area contributed by atoms with Gasteiger partial charge in [0.15, 0.2) is 0 Å². The van der Waals surface area contributed by atoms with Crippen LogP contribution in [-0.2, 0) is 10.8 Å². The third kappa shape index (κ3) is 2.47. The van der Waals surface area contributed by atoms with Gasteiger partial charge < -0.3 is 0 Å². The van der Waals surface area contributed by atoms with Gasteiger partial charge in [-0.05, 0) is 93.0 Å². The normalized spacial score (nSPS) is 16.3. The number of thiophene rings is 2. The van der Waals surface area contributed by atoms with Crippen LogP contribution in [-0.4, -0.2) is 0 Å². The van der Waals surface area contributed by atoms with Crippen LogP contribution in [0.25, 0.3) is 62.6 Å². The first-order chi connectivity index (χ1) is 18.3. The van der Waals surface area contributed by atoms with Crippen LogP contribution >= 0.6 is 22.7 Å². The monoisotopic (exact) mass is 522 g/mol. The van der Waals surface area contributed by atoms with Crippen molar-refractivity contribution in [1.29, 1.82) is 0 Å². The Hall–Kier alpha value is -3.46. The molecular weight excluding hydrogens is 497 g/mol. The lowest BCUT2D eigenvalue weighted by molar-refractivity contribution is 0.653. The zero-order valence-electron chi connectivity index (χ0n) is 21.9. The van der Waals surface area contributed by atoms with Gasteiger partial charge in [0.05, 0.1) is 0 Å². The van der Waals surface area contributed by atoms with Crippen LogP contribution in [0.5, 0.6) is 0 Å². The fraction of sp³-hybridized carbons (Fsp3) is 0.167. The Balaban J connectivity index is 1.32. The summed E-state index contributed by atoms with van der Waals surface area (Å²) in [5.41, 5.74) is 11.5. The fourth-order valence-corrected chi connectivity index (χ4v) is 9.65. The maximum atomic E-state index is 2.55. The third-order valence-electron chi connectivity index (χ3n) is 9.47. The summed E-state index contributed by atoms with van der Waals surface area (Å²) in [7, 11) is 0. The summed E-state index contributed by atoms with van der Waals surface area (Å²) in [6.45, 7) is 9.67. The Morgan fingerprint density at radius 1 is 0.395 bits per heavy atom. The molecule has 7 aromatic rings. The van der Waals surface area contributed by atoms with Crippen LogP contribution in [0.3, 0.4) is 0 Å². The highest BCUT2D eigenvalue weighted by Gasteiger charge is 2.42. The molecule has 2 aliphatic rings. The lowest BCUT2D eigenvalue weighted by atomic mass is 9.79. The van der Waals surface area contributed by atoms with E-state index in [2.05, 4.69) is 113 Å². The second-order valence-electron chi connectivity index (χ2n) is 12.2. The van der Waals surface area contributed by atoms with Crippen LogP contribution < -0.4 is 0 Å². The van der Waals surface area contributed by atoms with Gasteiger partial charge in [0, 0.05) is 51.2 Å². The molecule has 0 saturated heterocycles. The van der Waals surface area contributed by atoms with E-state index in [1.807, 2.05) is 22.7 Å². The largest absolute Gasteiger partial charge is 0.135 e. The van der Waals surface area contributed by atoms with Gasteiger partial charge in [0.1, 0.15) is 0 Å². The Bertz CT molecular complexity index is 2020. The van der Waals surface area contributed by atoms with Gasteiger partial charge in [-0.2, -0.15) is 0 Å². The minimum absolute atomic E-state index is 0.0362. The van der Waals surface area contributed by atoms with E-state index in [1.54, 1.807) is 0 Å². The van der Waals surface area contributed by atoms with Crippen LogP contribution in [0.1, 0.15) is 49.9 Å². The molecule has 0 unspecified atom stereocenters. The molecule has 0 aliphatic heterocycles. The first-order valence-electron chi connectivity index (χ1n) is 13.4. The molecule has 2 heterocycles.